The van der Waals surface area contributed by atoms with E-state index < -0.39 is 10.0 Å². The second-order valence-corrected chi connectivity index (χ2v) is 4.88. The molecule has 0 spiro atoms. The molecule has 4 heteroatoms. The minimum Gasteiger partial charge on any atom is -0.284 e. The summed E-state index contributed by atoms with van der Waals surface area (Å²) in [6.07, 6.45) is 0. The van der Waals surface area contributed by atoms with Crippen molar-refractivity contribution in [3.8, 4) is 0 Å². The summed E-state index contributed by atoms with van der Waals surface area (Å²) in [6, 6.07) is 7.24. The maximum atomic E-state index is 11.1. The quantitative estimate of drug-likeness (QED) is 0.813. The Hall–Kier alpha value is -1.03. The number of rotatable bonds is 3. The second kappa shape index (κ2) is 3.79. The molecule has 0 saturated carbocycles. The third-order valence-corrected chi connectivity index (χ3v) is 3.01. The molecule has 1 rings (SSSR count). The van der Waals surface area contributed by atoms with Gasteiger partial charge in [-0.05, 0) is 26.0 Å². The maximum absolute atomic E-state index is 11.1. The molecule has 74 valence electrons. The molecule has 0 bridgehead atoms. The second-order valence-electron chi connectivity index (χ2n) is 2.87. The normalized spacial score (nSPS) is 11.2. The fourth-order valence-corrected chi connectivity index (χ4v) is 1.51. The number of nitrogens with one attached hydrogen (secondary N) is 1. The van der Waals surface area contributed by atoms with Crippen molar-refractivity contribution >= 4 is 15.7 Å². The molecule has 0 aliphatic heterocycles. The summed E-state index contributed by atoms with van der Waals surface area (Å²) in [7, 11) is -3.14. The highest BCUT2D eigenvalue weighted by Gasteiger charge is 2.05. The summed E-state index contributed by atoms with van der Waals surface area (Å²) in [5, 5.41) is 0. The van der Waals surface area contributed by atoms with E-state index in [2.05, 4.69) is 4.72 Å². The van der Waals surface area contributed by atoms with Crippen molar-refractivity contribution in [3.63, 3.8) is 0 Å². The van der Waals surface area contributed by atoms with Gasteiger partial charge < -0.3 is 0 Å². The Morgan fingerprint density at radius 1 is 1.31 bits per heavy atom. The molecule has 0 saturated heterocycles. The average Bonchev–Trinajstić information content (AvgIpc) is 2.09. The molecule has 3 nitrogen and oxygen atoms in total. The third-order valence-electron chi connectivity index (χ3n) is 1.70. The fourth-order valence-electron chi connectivity index (χ4n) is 0.873. The number of hydrogen-bond donors (Lipinski definition) is 1. The molecule has 0 aliphatic carbocycles. The summed E-state index contributed by atoms with van der Waals surface area (Å²) in [5.41, 5.74) is 1.73. The Balaban J connectivity index is 0.00000169. The monoisotopic (exact) mass is 201 g/mol. The largest absolute Gasteiger partial charge is 0.284 e. The average molecular weight is 201 g/mol. The van der Waals surface area contributed by atoms with Gasteiger partial charge in [-0.3, -0.25) is 4.72 Å². The first-order valence-electron chi connectivity index (χ1n) is 4.10. The summed E-state index contributed by atoms with van der Waals surface area (Å²) < 4.78 is 24.8. The van der Waals surface area contributed by atoms with Gasteiger partial charge in [0.2, 0.25) is 10.0 Å². The van der Waals surface area contributed by atoms with Crippen molar-refractivity contribution in [1.29, 1.82) is 0 Å². The first-order chi connectivity index (χ1) is 6.03. The fraction of sp³-hybridized carbons (Fsp3) is 0.333. The van der Waals surface area contributed by atoms with Gasteiger partial charge in [0.05, 0.1) is 5.75 Å². The van der Waals surface area contributed by atoms with Gasteiger partial charge in [-0.2, -0.15) is 0 Å². The Morgan fingerprint density at radius 3 is 2.31 bits per heavy atom. The van der Waals surface area contributed by atoms with Crippen LogP contribution in [0.4, 0.5) is 5.69 Å². The predicted molar refractivity (Wildman–Crippen MR) is 56.4 cm³/mol. The Bertz CT molecular complexity index is 372. The van der Waals surface area contributed by atoms with Gasteiger partial charge in [-0.15, -0.1) is 0 Å². The van der Waals surface area contributed by atoms with Crippen LogP contribution >= 0.6 is 0 Å². The lowest BCUT2D eigenvalue weighted by atomic mass is 10.2. The minimum atomic E-state index is -3.14. The zero-order valence-electron chi connectivity index (χ0n) is 7.74. The highest BCUT2D eigenvalue weighted by atomic mass is 32.2. The van der Waals surface area contributed by atoms with Crippen LogP contribution in [0.15, 0.2) is 24.3 Å². The highest BCUT2D eigenvalue weighted by molar-refractivity contribution is 7.92. The summed E-state index contributed by atoms with van der Waals surface area (Å²) >= 11 is 0. The standard InChI is InChI=1S/C9H13NO2S.H2/c1-3-13(11,12)10-9-6-4-8(2)5-7-9;/h4-7,10H,3H2,1-2H3;1H. The zero-order chi connectivity index (χ0) is 9.90. The van der Waals surface area contributed by atoms with Gasteiger partial charge in [-0.25, -0.2) is 8.42 Å². The molecule has 1 aromatic carbocycles. The van der Waals surface area contributed by atoms with E-state index in [9.17, 15) is 8.42 Å². The first kappa shape index (κ1) is 10.1. The van der Waals surface area contributed by atoms with Gasteiger partial charge in [0.25, 0.3) is 0 Å². The SMILES string of the molecule is CCS(=O)(=O)Nc1ccc(C)cc1.[HH]. The maximum Gasteiger partial charge on any atom is 0.232 e. The van der Waals surface area contributed by atoms with Crippen LogP contribution in [-0.4, -0.2) is 14.2 Å². The van der Waals surface area contributed by atoms with Gasteiger partial charge >= 0.3 is 0 Å². The number of anilines is 1. The minimum absolute atomic E-state index is 0. The van der Waals surface area contributed by atoms with E-state index in [0.717, 1.165) is 5.56 Å². The molecular formula is C9H15NO2S. The topological polar surface area (TPSA) is 46.2 Å². The van der Waals surface area contributed by atoms with E-state index >= 15 is 0 Å². The summed E-state index contributed by atoms with van der Waals surface area (Å²) in [4.78, 5) is 0. The molecule has 0 aromatic heterocycles. The molecule has 1 aromatic rings. The van der Waals surface area contributed by atoms with Gasteiger partial charge in [-0.1, -0.05) is 17.7 Å². The Morgan fingerprint density at radius 2 is 1.85 bits per heavy atom. The smallest absolute Gasteiger partial charge is 0.232 e. The molecule has 0 amide bonds. The molecular weight excluding hydrogens is 186 g/mol. The predicted octanol–water partition coefficient (Wildman–Crippen LogP) is 2.00. The summed E-state index contributed by atoms with van der Waals surface area (Å²) in [5.74, 6) is 0.0981. The van der Waals surface area contributed by atoms with Crippen molar-refractivity contribution in [2.24, 2.45) is 0 Å². The summed E-state index contributed by atoms with van der Waals surface area (Å²) in [6.45, 7) is 3.56. The van der Waals surface area contributed by atoms with Gasteiger partial charge in [0, 0.05) is 7.11 Å². The molecule has 0 radical (unpaired) electrons. The van der Waals surface area contributed by atoms with E-state index in [1.165, 1.54) is 0 Å². The van der Waals surface area contributed by atoms with Crippen LogP contribution in [0, 0.1) is 6.92 Å². The van der Waals surface area contributed by atoms with E-state index in [4.69, 9.17) is 0 Å². The molecule has 0 unspecified atom stereocenters. The zero-order valence-corrected chi connectivity index (χ0v) is 8.56. The van der Waals surface area contributed by atoms with Crippen LogP contribution < -0.4 is 4.72 Å². The Kier molecular flexibility index (Phi) is 2.93. The number of benzene rings is 1. The molecule has 0 aliphatic rings. The lowest BCUT2D eigenvalue weighted by molar-refractivity contribution is 0.602. The van der Waals surface area contributed by atoms with E-state index in [-0.39, 0.29) is 7.18 Å². The van der Waals surface area contributed by atoms with Crippen LogP contribution in [-0.2, 0) is 10.0 Å². The molecule has 0 atom stereocenters. The van der Waals surface area contributed by atoms with E-state index in [0.29, 0.717) is 5.69 Å². The number of aryl methyl sites for hydroxylation is 1. The van der Waals surface area contributed by atoms with Gasteiger partial charge in [0.1, 0.15) is 0 Å². The van der Waals surface area contributed by atoms with Crippen molar-refractivity contribution < 1.29 is 9.84 Å². The van der Waals surface area contributed by atoms with Crippen LogP contribution in [0.1, 0.15) is 13.9 Å². The number of hydrogen-bond acceptors (Lipinski definition) is 2. The third kappa shape index (κ3) is 3.06. The van der Waals surface area contributed by atoms with E-state index in [1.54, 1.807) is 19.1 Å². The van der Waals surface area contributed by atoms with Crippen LogP contribution in [0.5, 0.6) is 0 Å². The van der Waals surface area contributed by atoms with Crippen molar-refractivity contribution in [2.75, 3.05) is 10.5 Å². The van der Waals surface area contributed by atoms with Crippen LogP contribution in [0.25, 0.3) is 0 Å². The molecule has 0 fully saturated rings. The molecule has 0 heterocycles. The molecule has 13 heavy (non-hydrogen) atoms. The van der Waals surface area contributed by atoms with Crippen LogP contribution in [0.3, 0.4) is 0 Å². The van der Waals surface area contributed by atoms with Crippen LogP contribution in [0.2, 0.25) is 0 Å². The Labute approximate surface area is 80.3 Å². The molecule has 1 N–H and O–H groups in total. The van der Waals surface area contributed by atoms with E-state index in [1.807, 2.05) is 19.1 Å². The van der Waals surface area contributed by atoms with Crippen molar-refractivity contribution in [2.45, 2.75) is 13.8 Å². The highest BCUT2D eigenvalue weighted by Crippen LogP contribution is 2.10. The van der Waals surface area contributed by atoms with Crippen molar-refractivity contribution in [1.82, 2.24) is 0 Å². The lowest BCUT2D eigenvalue weighted by Gasteiger charge is -2.05. The number of sulfonamides is 1. The first-order valence-corrected chi connectivity index (χ1v) is 5.76. The lowest BCUT2D eigenvalue weighted by Crippen LogP contribution is -2.14. The van der Waals surface area contributed by atoms with Crippen molar-refractivity contribution in [3.05, 3.63) is 29.8 Å². The van der Waals surface area contributed by atoms with Gasteiger partial charge in [0.15, 0.2) is 0 Å².